The van der Waals surface area contributed by atoms with E-state index in [9.17, 15) is 4.79 Å². The van der Waals surface area contributed by atoms with Gasteiger partial charge in [-0.2, -0.15) is 0 Å². The first-order valence-corrected chi connectivity index (χ1v) is 6.01. The number of benzene rings is 2. The van der Waals surface area contributed by atoms with Crippen molar-refractivity contribution in [3.05, 3.63) is 65.7 Å². The normalized spacial score (nSPS) is 9.80. The van der Waals surface area contributed by atoms with Gasteiger partial charge in [0.2, 0.25) is 0 Å². The molecule has 1 amide bonds. The Hall–Kier alpha value is -2.82. The molecule has 20 heavy (non-hydrogen) atoms. The Bertz CT molecular complexity index is 594. The topological polar surface area (TPSA) is 82.4 Å². The summed E-state index contributed by atoms with van der Waals surface area (Å²) >= 11 is 0. The van der Waals surface area contributed by atoms with E-state index < -0.39 is 6.09 Å². The van der Waals surface area contributed by atoms with Crippen molar-refractivity contribution in [2.75, 3.05) is 0 Å². The lowest BCUT2D eigenvalue weighted by Gasteiger charge is -2.08. The standard InChI is InChI=1S/C15H14N2O3/c16-14(17-15(18)19)12-6-8-13(9-7-12)20-10-11-4-2-1-3-5-11/h1-9H,10H2,(H2,16,17)(H,18,19). The molecule has 0 fully saturated rings. The zero-order valence-corrected chi connectivity index (χ0v) is 10.7. The van der Waals surface area contributed by atoms with Gasteiger partial charge in [0.25, 0.3) is 0 Å². The molecular weight excluding hydrogens is 256 g/mol. The van der Waals surface area contributed by atoms with E-state index in [1.807, 2.05) is 35.6 Å². The van der Waals surface area contributed by atoms with Crippen LogP contribution in [0.15, 0.2) is 54.6 Å². The van der Waals surface area contributed by atoms with Crippen LogP contribution in [0.1, 0.15) is 11.1 Å². The van der Waals surface area contributed by atoms with Gasteiger partial charge in [0.05, 0.1) is 0 Å². The van der Waals surface area contributed by atoms with Gasteiger partial charge in [-0.1, -0.05) is 30.3 Å². The average Bonchev–Trinajstić information content (AvgIpc) is 2.46. The van der Waals surface area contributed by atoms with Crippen molar-refractivity contribution in [1.82, 2.24) is 5.32 Å². The number of hydrogen-bond acceptors (Lipinski definition) is 3. The molecular formula is C15H14N2O3. The van der Waals surface area contributed by atoms with Gasteiger partial charge >= 0.3 is 6.09 Å². The van der Waals surface area contributed by atoms with Crippen molar-refractivity contribution in [3.63, 3.8) is 0 Å². The summed E-state index contributed by atoms with van der Waals surface area (Å²) < 4.78 is 5.60. The maximum Gasteiger partial charge on any atom is 0.410 e. The van der Waals surface area contributed by atoms with Crippen LogP contribution in [-0.2, 0) is 6.61 Å². The highest BCUT2D eigenvalue weighted by molar-refractivity contribution is 6.04. The lowest BCUT2D eigenvalue weighted by Crippen LogP contribution is -2.28. The largest absolute Gasteiger partial charge is 0.489 e. The molecule has 0 aliphatic rings. The number of nitrogens with one attached hydrogen (secondary N) is 2. The van der Waals surface area contributed by atoms with Crippen LogP contribution in [0.25, 0.3) is 0 Å². The van der Waals surface area contributed by atoms with Crippen molar-refractivity contribution in [2.24, 2.45) is 0 Å². The molecule has 2 aromatic rings. The fraction of sp³-hybridized carbons (Fsp3) is 0.0667. The smallest absolute Gasteiger partial charge is 0.410 e. The van der Waals surface area contributed by atoms with Crippen molar-refractivity contribution in [1.29, 1.82) is 5.41 Å². The van der Waals surface area contributed by atoms with E-state index in [2.05, 4.69) is 0 Å². The van der Waals surface area contributed by atoms with E-state index in [4.69, 9.17) is 15.3 Å². The highest BCUT2D eigenvalue weighted by atomic mass is 16.5. The van der Waals surface area contributed by atoms with E-state index in [0.717, 1.165) is 5.56 Å². The molecule has 0 unspecified atom stereocenters. The summed E-state index contributed by atoms with van der Waals surface area (Å²) in [5, 5.41) is 18.1. The van der Waals surface area contributed by atoms with Crippen LogP contribution in [0.2, 0.25) is 0 Å². The van der Waals surface area contributed by atoms with Gasteiger partial charge in [0.15, 0.2) is 0 Å². The molecule has 102 valence electrons. The van der Waals surface area contributed by atoms with Crippen LogP contribution in [0.5, 0.6) is 5.75 Å². The van der Waals surface area contributed by atoms with Crippen LogP contribution in [-0.4, -0.2) is 17.0 Å². The number of rotatable bonds is 4. The maximum atomic E-state index is 10.4. The van der Waals surface area contributed by atoms with E-state index in [1.54, 1.807) is 24.3 Å². The molecule has 0 bridgehead atoms. The highest BCUT2D eigenvalue weighted by Crippen LogP contribution is 2.14. The summed E-state index contributed by atoms with van der Waals surface area (Å²) in [6, 6.07) is 16.5. The molecule has 2 rings (SSSR count). The average molecular weight is 270 g/mol. The number of amidine groups is 1. The lowest BCUT2D eigenvalue weighted by molar-refractivity contribution is 0.200. The summed E-state index contributed by atoms with van der Waals surface area (Å²) in [5.74, 6) is 0.507. The predicted molar refractivity (Wildman–Crippen MR) is 75.2 cm³/mol. The van der Waals surface area contributed by atoms with Crippen LogP contribution in [0, 0.1) is 5.41 Å². The van der Waals surface area contributed by atoms with Crippen LogP contribution < -0.4 is 10.1 Å². The fourth-order valence-electron chi connectivity index (χ4n) is 1.64. The Morgan fingerprint density at radius 2 is 1.75 bits per heavy atom. The molecule has 0 radical (unpaired) electrons. The number of hydrogen-bond donors (Lipinski definition) is 3. The Morgan fingerprint density at radius 3 is 2.35 bits per heavy atom. The molecule has 0 heterocycles. The summed E-state index contributed by atoms with van der Waals surface area (Å²) in [7, 11) is 0. The van der Waals surface area contributed by atoms with Crippen LogP contribution in [0.3, 0.4) is 0 Å². The zero-order valence-electron chi connectivity index (χ0n) is 10.7. The zero-order chi connectivity index (χ0) is 14.4. The third-order valence-electron chi connectivity index (χ3n) is 2.62. The quantitative estimate of drug-likeness (QED) is 0.590. The molecule has 0 saturated heterocycles. The fourth-order valence-corrected chi connectivity index (χ4v) is 1.64. The Morgan fingerprint density at radius 1 is 1.10 bits per heavy atom. The van der Waals surface area contributed by atoms with E-state index in [-0.39, 0.29) is 5.84 Å². The Labute approximate surface area is 116 Å². The first-order valence-electron chi connectivity index (χ1n) is 6.01. The Balaban J connectivity index is 1.95. The molecule has 0 atom stereocenters. The van der Waals surface area contributed by atoms with Crippen molar-refractivity contribution in [2.45, 2.75) is 6.61 Å². The minimum Gasteiger partial charge on any atom is -0.489 e. The van der Waals surface area contributed by atoms with Gasteiger partial charge in [-0.25, -0.2) is 4.79 Å². The number of ether oxygens (including phenoxy) is 1. The second-order valence-electron chi connectivity index (χ2n) is 4.10. The summed E-state index contributed by atoms with van der Waals surface area (Å²) in [4.78, 5) is 10.4. The minimum atomic E-state index is -1.25. The first-order chi connectivity index (χ1) is 9.65. The molecule has 0 aliphatic heterocycles. The highest BCUT2D eigenvalue weighted by Gasteiger charge is 2.04. The van der Waals surface area contributed by atoms with Crippen molar-refractivity contribution >= 4 is 11.9 Å². The molecule has 0 saturated carbocycles. The molecule has 2 aromatic carbocycles. The third kappa shape index (κ3) is 3.84. The maximum absolute atomic E-state index is 10.4. The second-order valence-corrected chi connectivity index (χ2v) is 4.10. The second kappa shape index (κ2) is 6.38. The molecule has 5 nitrogen and oxygen atoms in total. The van der Waals surface area contributed by atoms with Gasteiger partial charge in [-0.15, -0.1) is 0 Å². The van der Waals surface area contributed by atoms with Crippen molar-refractivity contribution < 1.29 is 14.6 Å². The third-order valence-corrected chi connectivity index (χ3v) is 2.62. The minimum absolute atomic E-state index is 0.160. The molecule has 5 heteroatoms. The van der Waals surface area contributed by atoms with Crippen molar-refractivity contribution in [3.8, 4) is 5.75 Å². The van der Waals surface area contributed by atoms with Crippen LogP contribution >= 0.6 is 0 Å². The number of amides is 1. The van der Waals surface area contributed by atoms with Gasteiger partial charge < -0.3 is 9.84 Å². The van der Waals surface area contributed by atoms with Gasteiger partial charge in [-0.3, -0.25) is 10.7 Å². The van der Waals surface area contributed by atoms with Gasteiger partial charge in [0, 0.05) is 5.56 Å². The monoisotopic (exact) mass is 270 g/mol. The summed E-state index contributed by atoms with van der Waals surface area (Å²) in [6.45, 7) is 0.463. The van der Waals surface area contributed by atoms with E-state index in [1.165, 1.54) is 0 Å². The summed E-state index contributed by atoms with van der Waals surface area (Å²) in [6.07, 6.45) is -1.25. The molecule has 3 N–H and O–H groups in total. The number of carbonyl (C=O) groups is 1. The molecule has 0 aromatic heterocycles. The lowest BCUT2D eigenvalue weighted by atomic mass is 10.2. The SMILES string of the molecule is N=C(NC(=O)O)c1ccc(OCc2ccccc2)cc1. The molecule has 0 spiro atoms. The van der Waals surface area contributed by atoms with E-state index in [0.29, 0.717) is 17.9 Å². The first kappa shape index (κ1) is 13.6. The van der Waals surface area contributed by atoms with Crippen LogP contribution in [0.4, 0.5) is 4.79 Å². The summed E-state index contributed by atoms with van der Waals surface area (Å²) in [5.41, 5.74) is 1.55. The Kier molecular flexibility index (Phi) is 4.34. The van der Waals surface area contributed by atoms with Gasteiger partial charge in [-0.05, 0) is 29.8 Å². The molecule has 0 aliphatic carbocycles. The predicted octanol–water partition coefficient (Wildman–Crippen LogP) is 2.86. The van der Waals surface area contributed by atoms with Gasteiger partial charge in [0.1, 0.15) is 18.2 Å². The number of carboxylic acid groups (broad SMARTS) is 1. The van der Waals surface area contributed by atoms with E-state index >= 15 is 0 Å².